The number of anilines is 1. The molecule has 0 aliphatic heterocycles. The highest BCUT2D eigenvalue weighted by molar-refractivity contribution is 7.14. The highest BCUT2D eigenvalue weighted by atomic mass is 35.5. The van der Waals surface area contributed by atoms with E-state index in [1.54, 1.807) is 12.1 Å². The molecule has 0 atom stereocenters. The molecule has 2 aromatic rings. The smallest absolute Gasteiger partial charge is 0.350 e. The van der Waals surface area contributed by atoms with Gasteiger partial charge in [-0.2, -0.15) is 0 Å². The van der Waals surface area contributed by atoms with E-state index in [0.717, 1.165) is 4.88 Å². The summed E-state index contributed by atoms with van der Waals surface area (Å²) in [7, 11) is 1.31. The second-order valence-corrected chi connectivity index (χ2v) is 8.07. The molecule has 0 unspecified atom stereocenters. The summed E-state index contributed by atoms with van der Waals surface area (Å²) in [5.74, 6) is -0.909. The quantitative estimate of drug-likeness (QED) is 0.720. The summed E-state index contributed by atoms with van der Waals surface area (Å²) in [5.41, 5.74) is 0.530. The zero-order chi connectivity index (χ0) is 18.1. The Morgan fingerprint density at radius 1 is 1.17 bits per heavy atom. The van der Waals surface area contributed by atoms with E-state index >= 15 is 0 Å². The van der Waals surface area contributed by atoms with E-state index in [9.17, 15) is 9.59 Å². The lowest BCUT2D eigenvalue weighted by atomic mass is 9.94. The van der Waals surface area contributed by atoms with Gasteiger partial charge in [-0.3, -0.25) is 4.79 Å². The monoisotopic (exact) mass is 385 g/mol. The molecular weight excluding hydrogens is 369 g/mol. The van der Waals surface area contributed by atoms with Crippen molar-refractivity contribution in [1.29, 1.82) is 0 Å². The molecule has 128 valence electrons. The van der Waals surface area contributed by atoms with Gasteiger partial charge >= 0.3 is 5.97 Å². The van der Waals surface area contributed by atoms with Crippen LogP contribution in [0.1, 0.15) is 45.7 Å². The van der Waals surface area contributed by atoms with E-state index in [1.165, 1.54) is 30.6 Å². The first kappa shape index (κ1) is 18.8. The van der Waals surface area contributed by atoms with E-state index < -0.39 is 11.9 Å². The standard InChI is InChI=1S/C17H17Cl2NO3S/c1-17(2,3)13-8-12(14(24-13)16(22)23-4)20-15(21)10-6-5-9(18)7-11(10)19/h5-8H,1-4H3,(H,20,21). The Bertz CT molecular complexity index is 794. The van der Waals surface area contributed by atoms with Crippen LogP contribution in [0.15, 0.2) is 24.3 Å². The molecule has 2 rings (SSSR count). The van der Waals surface area contributed by atoms with Gasteiger partial charge in [0.05, 0.1) is 23.4 Å². The van der Waals surface area contributed by atoms with Crippen LogP contribution < -0.4 is 5.32 Å². The Morgan fingerprint density at radius 3 is 2.38 bits per heavy atom. The lowest BCUT2D eigenvalue weighted by molar-refractivity contribution is 0.0607. The SMILES string of the molecule is COC(=O)c1sc(C(C)(C)C)cc1NC(=O)c1ccc(Cl)cc1Cl. The normalized spacial score (nSPS) is 11.2. The number of carbonyl (C=O) groups is 2. The van der Waals surface area contributed by atoms with E-state index in [-0.39, 0.29) is 16.0 Å². The molecule has 0 aliphatic rings. The number of amides is 1. The number of carbonyl (C=O) groups excluding carboxylic acids is 2. The molecule has 24 heavy (non-hydrogen) atoms. The summed E-state index contributed by atoms with van der Waals surface area (Å²) < 4.78 is 4.81. The molecule has 0 aliphatic carbocycles. The van der Waals surface area contributed by atoms with Gasteiger partial charge in [-0.1, -0.05) is 44.0 Å². The van der Waals surface area contributed by atoms with Crippen LogP contribution in [0.3, 0.4) is 0 Å². The van der Waals surface area contributed by atoms with Crippen LogP contribution in [0.5, 0.6) is 0 Å². The first-order valence-electron chi connectivity index (χ1n) is 7.12. The van der Waals surface area contributed by atoms with Gasteiger partial charge in [-0.05, 0) is 29.7 Å². The number of methoxy groups -OCH3 is 1. The molecule has 1 heterocycles. The lowest BCUT2D eigenvalue weighted by Gasteiger charge is -2.15. The summed E-state index contributed by atoms with van der Waals surface area (Å²) in [6.07, 6.45) is 0. The Labute approximate surface area is 154 Å². The maximum atomic E-state index is 12.5. The molecule has 1 amide bonds. The number of ether oxygens (including phenoxy) is 1. The van der Waals surface area contributed by atoms with E-state index in [1.807, 2.05) is 20.8 Å². The minimum atomic E-state index is -0.493. The largest absolute Gasteiger partial charge is 0.465 e. The van der Waals surface area contributed by atoms with Crippen LogP contribution in [0, 0.1) is 0 Å². The molecule has 4 nitrogen and oxygen atoms in total. The van der Waals surface area contributed by atoms with Gasteiger partial charge < -0.3 is 10.1 Å². The number of hydrogen-bond acceptors (Lipinski definition) is 4. The maximum absolute atomic E-state index is 12.5. The second kappa shape index (κ2) is 7.13. The van der Waals surface area contributed by atoms with Crippen molar-refractivity contribution in [3.8, 4) is 0 Å². The fourth-order valence-electron chi connectivity index (χ4n) is 1.96. The highest BCUT2D eigenvalue weighted by Gasteiger charge is 2.25. The lowest BCUT2D eigenvalue weighted by Crippen LogP contribution is -2.14. The number of thiophene rings is 1. The van der Waals surface area contributed by atoms with Gasteiger partial charge in [0.25, 0.3) is 5.91 Å². The third-order valence-electron chi connectivity index (χ3n) is 3.27. The Hall–Kier alpha value is -1.56. The molecule has 7 heteroatoms. The topological polar surface area (TPSA) is 55.4 Å². The second-order valence-electron chi connectivity index (χ2n) is 6.17. The summed E-state index contributed by atoms with van der Waals surface area (Å²) in [4.78, 5) is 25.8. The van der Waals surface area contributed by atoms with Crippen molar-refractivity contribution in [2.75, 3.05) is 12.4 Å². The van der Waals surface area contributed by atoms with Gasteiger partial charge in [-0.15, -0.1) is 11.3 Å². The first-order chi connectivity index (χ1) is 11.1. The molecule has 1 aromatic carbocycles. The van der Waals surface area contributed by atoms with Crippen LogP contribution in [-0.2, 0) is 10.2 Å². The van der Waals surface area contributed by atoms with Crippen LogP contribution >= 0.6 is 34.5 Å². The molecule has 0 saturated heterocycles. The molecular formula is C17H17Cl2NO3S. The highest BCUT2D eigenvalue weighted by Crippen LogP contribution is 2.36. The van der Waals surface area contributed by atoms with Crippen molar-refractivity contribution in [2.24, 2.45) is 0 Å². The van der Waals surface area contributed by atoms with Crippen LogP contribution in [-0.4, -0.2) is 19.0 Å². The molecule has 1 aromatic heterocycles. The zero-order valence-corrected chi connectivity index (χ0v) is 16.0. The van der Waals surface area contributed by atoms with Crippen molar-refractivity contribution < 1.29 is 14.3 Å². The summed E-state index contributed by atoms with van der Waals surface area (Å²) in [5, 5.41) is 3.42. The van der Waals surface area contributed by atoms with Crippen molar-refractivity contribution in [2.45, 2.75) is 26.2 Å². The number of hydrogen-bond donors (Lipinski definition) is 1. The number of nitrogens with one attached hydrogen (secondary N) is 1. The Balaban J connectivity index is 2.39. The molecule has 0 spiro atoms. The molecule has 0 fully saturated rings. The van der Waals surface area contributed by atoms with Crippen molar-refractivity contribution in [3.05, 3.63) is 49.6 Å². The predicted octanol–water partition coefficient (Wildman–Crippen LogP) is 5.39. The molecule has 0 radical (unpaired) electrons. The zero-order valence-electron chi connectivity index (χ0n) is 13.7. The minimum Gasteiger partial charge on any atom is -0.465 e. The summed E-state index contributed by atoms with van der Waals surface area (Å²) in [6.45, 7) is 6.09. The third kappa shape index (κ3) is 4.09. The number of halogens is 2. The molecule has 0 bridgehead atoms. The first-order valence-corrected chi connectivity index (χ1v) is 8.69. The van der Waals surface area contributed by atoms with E-state index in [4.69, 9.17) is 27.9 Å². The van der Waals surface area contributed by atoms with Gasteiger partial charge in [0.1, 0.15) is 4.88 Å². The summed E-state index contributed by atoms with van der Waals surface area (Å²) >= 11 is 13.2. The van der Waals surface area contributed by atoms with Crippen molar-refractivity contribution in [3.63, 3.8) is 0 Å². The average Bonchev–Trinajstić information content (AvgIpc) is 2.90. The predicted molar refractivity (Wildman–Crippen MR) is 98.8 cm³/mol. The van der Waals surface area contributed by atoms with E-state index in [0.29, 0.717) is 15.6 Å². The third-order valence-corrected chi connectivity index (χ3v) is 5.35. The molecule has 0 saturated carbocycles. The van der Waals surface area contributed by atoms with Gasteiger partial charge in [0.2, 0.25) is 0 Å². The van der Waals surface area contributed by atoms with Gasteiger partial charge in [-0.25, -0.2) is 4.79 Å². The van der Waals surface area contributed by atoms with Crippen molar-refractivity contribution in [1.82, 2.24) is 0 Å². The number of esters is 1. The Kier molecular flexibility index (Phi) is 5.58. The van der Waals surface area contributed by atoms with E-state index in [2.05, 4.69) is 5.32 Å². The number of rotatable bonds is 3. The van der Waals surface area contributed by atoms with Crippen LogP contribution in [0.2, 0.25) is 10.0 Å². The Morgan fingerprint density at radius 2 is 1.83 bits per heavy atom. The van der Waals surface area contributed by atoms with Crippen LogP contribution in [0.25, 0.3) is 0 Å². The maximum Gasteiger partial charge on any atom is 0.350 e. The average molecular weight is 386 g/mol. The van der Waals surface area contributed by atoms with Gasteiger partial charge in [0.15, 0.2) is 0 Å². The van der Waals surface area contributed by atoms with Crippen LogP contribution in [0.4, 0.5) is 5.69 Å². The summed E-state index contributed by atoms with van der Waals surface area (Å²) in [6, 6.07) is 6.40. The minimum absolute atomic E-state index is 0.158. The number of benzene rings is 1. The van der Waals surface area contributed by atoms with Gasteiger partial charge in [0, 0.05) is 9.90 Å². The molecule has 1 N–H and O–H groups in total. The fraction of sp³-hybridized carbons (Fsp3) is 0.294. The fourth-order valence-corrected chi connectivity index (χ4v) is 3.54. The van der Waals surface area contributed by atoms with Crippen molar-refractivity contribution >= 4 is 52.1 Å².